The largest absolute Gasteiger partial charge is 0.494 e. The van der Waals surface area contributed by atoms with E-state index in [1.165, 1.54) is 18.1 Å². The summed E-state index contributed by atoms with van der Waals surface area (Å²) in [7, 11) is 1.30. The number of hydrogen-bond acceptors (Lipinski definition) is 6. The van der Waals surface area contributed by atoms with E-state index in [9.17, 15) is 23.6 Å². The van der Waals surface area contributed by atoms with Gasteiger partial charge in [0.1, 0.15) is 11.5 Å². The highest BCUT2D eigenvalue weighted by atomic mass is 19.1. The van der Waals surface area contributed by atoms with Crippen LogP contribution in [0.4, 0.5) is 9.18 Å². The Labute approximate surface area is 193 Å². The van der Waals surface area contributed by atoms with Crippen LogP contribution in [-0.4, -0.2) is 48.9 Å². The lowest BCUT2D eigenvalue weighted by Crippen LogP contribution is -2.52. The molecule has 4 heterocycles. The highest BCUT2D eigenvalue weighted by Gasteiger charge is 2.53. The maximum absolute atomic E-state index is 14.8. The van der Waals surface area contributed by atoms with Gasteiger partial charge in [-0.3, -0.25) is 19.7 Å². The molecule has 1 atom stereocenters. The number of benzene rings is 1. The van der Waals surface area contributed by atoms with Crippen molar-refractivity contribution in [2.75, 3.05) is 20.2 Å². The maximum atomic E-state index is 14.8. The first-order valence-corrected chi connectivity index (χ1v) is 10.5. The van der Waals surface area contributed by atoms with Crippen molar-refractivity contribution in [2.45, 2.75) is 25.9 Å². The van der Waals surface area contributed by atoms with Gasteiger partial charge in [0.15, 0.2) is 17.1 Å². The lowest BCUT2D eigenvalue weighted by molar-refractivity contribution is -0.125. The molecule has 2 aromatic rings. The Bertz CT molecular complexity index is 1330. The van der Waals surface area contributed by atoms with E-state index in [1.807, 2.05) is 0 Å². The van der Waals surface area contributed by atoms with Crippen molar-refractivity contribution in [1.29, 1.82) is 0 Å². The number of rotatable bonds is 5. The van der Waals surface area contributed by atoms with E-state index < -0.39 is 29.2 Å². The molecule has 0 bridgehead atoms. The van der Waals surface area contributed by atoms with Gasteiger partial charge in [0.05, 0.1) is 19.2 Å². The number of nitrogens with zero attached hydrogens (tertiary/aromatic N) is 1. The summed E-state index contributed by atoms with van der Waals surface area (Å²) in [4.78, 5) is 51.5. The Morgan fingerprint density at radius 1 is 1.21 bits per heavy atom. The summed E-state index contributed by atoms with van der Waals surface area (Å²) in [6.45, 7) is 3.42. The average molecular weight is 468 g/mol. The Balaban J connectivity index is 1.54. The standard InChI is InChI=1S/C23H21FN4O6/c1-10-14(7-25-19(10)29)13-6-16(34-11(13)2)23(21(31)26-22(32)27-23)9-28-8-12-4-5-15(33-3)18(24)17(12)20(28)30/h4-6H,7-9H2,1-3H3,(H,25,29)(H2,26,27,31,32)/t23-/m0/s1. The highest BCUT2D eigenvalue weighted by Crippen LogP contribution is 2.37. The molecule has 34 heavy (non-hydrogen) atoms. The van der Waals surface area contributed by atoms with E-state index in [0.717, 1.165) is 5.57 Å². The monoisotopic (exact) mass is 468 g/mol. The van der Waals surface area contributed by atoms with Gasteiger partial charge in [-0.25, -0.2) is 9.18 Å². The van der Waals surface area contributed by atoms with Crippen LogP contribution in [0.2, 0.25) is 0 Å². The highest BCUT2D eigenvalue weighted by molar-refractivity contribution is 6.09. The van der Waals surface area contributed by atoms with E-state index in [-0.39, 0.29) is 36.1 Å². The number of ether oxygens (including phenoxy) is 1. The Kier molecular flexibility index (Phi) is 4.74. The molecule has 0 saturated carbocycles. The Morgan fingerprint density at radius 3 is 2.59 bits per heavy atom. The van der Waals surface area contributed by atoms with Crippen LogP contribution in [0.15, 0.2) is 28.2 Å². The van der Waals surface area contributed by atoms with Crippen molar-refractivity contribution < 1.29 is 32.7 Å². The molecule has 3 aliphatic heterocycles. The number of methoxy groups -OCH3 is 1. The predicted molar refractivity (Wildman–Crippen MR) is 115 cm³/mol. The number of amides is 5. The molecule has 5 rings (SSSR count). The minimum atomic E-state index is -1.73. The van der Waals surface area contributed by atoms with Gasteiger partial charge in [0.25, 0.3) is 11.8 Å². The van der Waals surface area contributed by atoms with Gasteiger partial charge in [-0.1, -0.05) is 6.07 Å². The zero-order valence-corrected chi connectivity index (χ0v) is 18.6. The lowest BCUT2D eigenvalue weighted by atomic mass is 9.93. The molecule has 1 aromatic heterocycles. The number of furan rings is 1. The summed E-state index contributed by atoms with van der Waals surface area (Å²) in [6, 6.07) is 3.87. The SMILES string of the molecule is COc1ccc2c(c1F)C(=O)N(C[C@@]1(c3cc(C4=C(C)C(=O)NC4)c(C)o3)NC(=O)NC1=O)C2. The van der Waals surface area contributed by atoms with Crippen LogP contribution in [0.3, 0.4) is 0 Å². The van der Waals surface area contributed by atoms with Crippen LogP contribution >= 0.6 is 0 Å². The number of imide groups is 1. The molecule has 3 aliphatic rings. The third-order valence-electron chi connectivity index (χ3n) is 6.53. The van der Waals surface area contributed by atoms with Crippen LogP contribution in [0, 0.1) is 12.7 Å². The number of fused-ring (bicyclic) bond motifs is 1. The summed E-state index contributed by atoms with van der Waals surface area (Å²) in [5.41, 5.74) is 0.437. The third-order valence-corrected chi connectivity index (χ3v) is 6.53. The molecule has 3 N–H and O–H groups in total. The molecule has 0 unspecified atom stereocenters. The van der Waals surface area contributed by atoms with Crippen LogP contribution in [-0.2, 0) is 21.7 Å². The van der Waals surface area contributed by atoms with Gasteiger partial charge < -0.3 is 24.7 Å². The zero-order valence-electron chi connectivity index (χ0n) is 18.6. The fourth-order valence-electron chi connectivity index (χ4n) is 4.68. The summed E-state index contributed by atoms with van der Waals surface area (Å²) in [6.07, 6.45) is 0. The summed E-state index contributed by atoms with van der Waals surface area (Å²) < 4.78 is 25.7. The van der Waals surface area contributed by atoms with Gasteiger partial charge in [0, 0.05) is 24.2 Å². The summed E-state index contributed by atoms with van der Waals surface area (Å²) in [5, 5.41) is 7.53. The Hall–Kier alpha value is -4.15. The fraction of sp³-hybridized carbons (Fsp3) is 0.304. The normalized spacial score (nSPS) is 21.7. The van der Waals surface area contributed by atoms with Crippen LogP contribution in [0.5, 0.6) is 5.75 Å². The van der Waals surface area contributed by atoms with Gasteiger partial charge >= 0.3 is 6.03 Å². The number of urea groups is 1. The van der Waals surface area contributed by atoms with Crippen LogP contribution in [0.1, 0.15) is 39.9 Å². The van der Waals surface area contributed by atoms with Gasteiger partial charge in [-0.05, 0) is 37.1 Å². The molecule has 176 valence electrons. The van der Waals surface area contributed by atoms with Gasteiger partial charge in [-0.15, -0.1) is 0 Å². The molecule has 1 fully saturated rings. The van der Waals surface area contributed by atoms with E-state index in [4.69, 9.17) is 9.15 Å². The van der Waals surface area contributed by atoms with Gasteiger partial charge in [-0.2, -0.15) is 0 Å². The minimum absolute atomic E-state index is 0.0369. The van der Waals surface area contributed by atoms with Crippen molar-refractivity contribution >= 4 is 29.3 Å². The summed E-state index contributed by atoms with van der Waals surface area (Å²) in [5.74, 6) is -1.83. The van der Waals surface area contributed by atoms with Gasteiger partial charge in [0.2, 0.25) is 5.91 Å². The molecule has 5 amide bonds. The van der Waals surface area contributed by atoms with E-state index in [1.54, 1.807) is 26.0 Å². The molecular formula is C23H21FN4O6. The molecule has 1 aromatic carbocycles. The summed E-state index contributed by atoms with van der Waals surface area (Å²) >= 11 is 0. The van der Waals surface area contributed by atoms with E-state index >= 15 is 0 Å². The number of carbonyl (C=O) groups is 4. The van der Waals surface area contributed by atoms with Crippen LogP contribution in [0.25, 0.3) is 5.57 Å². The molecule has 1 saturated heterocycles. The molecule has 0 radical (unpaired) electrons. The molecule has 11 heteroatoms. The Morgan fingerprint density at radius 2 is 1.97 bits per heavy atom. The second kappa shape index (κ2) is 7.44. The number of hydrogen-bond donors (Lipinski definition) is 3. The number of nitrogens with one attached hydrogen (secondary N) is 3. The van der Waals surface area contributed by atoms with E-state index in [0.29, 0.717) is 29.0 Å². The quantitative estimate of drug-likeness (QED) is 0.568. The first-order chi connectivity index (χ1) is 16.2. The lowest BCUT2D eigenvalue weighted by Gasteiger charge is -2.29. The average Bonchev–Trinajstić information content (AvgIpc) is 3.50. The zero-order chi connectivity index (χ0) is 24.4. The van der Waals surface area contributed by atoms with Crippen molar-refractivity contribution in [2.24, 2.45) is 0 Å². The van der Waals surface area contributed by atoms with E-state index in [2.05, 4.69) is 16.0 Å². The second-order valence-electron chi connectivity index (χ2n) is 8.46. The van der Waals surface area contributed by atoms with Crippen molar-refractivity contribution in [3.05, 3.63) is 57.8 Å². The molecule has 10 nitrogen and oxygen atoms in total. The third kappa shape index (κ3) is 3.00. The molecular weight excluding hydrogens is 447 g/mol. The van der Waals surface area contributed by atoms with Crippen molar-refractivity contribution in [3.63, 3.8) is 0 Å². The second-order valence-corrected chi connectivity index (χ2v) is 8.46. The minimum Gasteiger partial charge on any atom is -0.494 e. The maximum Gasteiger partial charge on any atom is 0.322 e. The smallest absolute Gasteiger partial charge is 0.322 e. The first kappa shape index (κ1) is 21.7. The number of halogens is 1. The van der Waals surface area contributed by atoms with Crippen molar-refractivity contribution in [3.8, 4) is 5.75 Å². The number of aryl methyl sites for hydroxylation is 1. The van der Waals surface area contributed by atoms with Crippen LogP contribution < -0.4 is 20.7 Å². The topological polar surface area (TPSA) is 130 Å². The van der Waals surface area contributed by atoms with Crippen molar-refractivity contribution in [1.82, 2.24) is 20.9 Å². The fourth-order valence-corrected chi connectivity index (χ4v) is 4.68. The molecule has 0 spiro atoms. The molecule has 0 aliphatic carbocycles. The predicted octanol–water partition coefficient (Wildman–Crippen LogP) is 1.33. The number of carbonyl (C=O) groups excluding carboxylic acids is 4. The first-order valence-electron chi connectivity index (χ1n) is 10.5.